The maximum Gasteiger partial charge on any atom is 0.255 e. The van der Waals surface area contributed by atoms with Crippen LogP contribution in [0.1, 0.15) is 18.9 Å². The minimum Gasteiger partial charge on any atom is -0.483 e. The summed E-state index contributed by atoms with van der Waals surface area (Å²) in [5.41, 5.74) is 5.87. The molecule has 20 heavy (non-hydrogen) atoms. The van der Waals surface area contributed by atoms with Gasteiger partial charge < -0.3 is 20.9 Å². The van der Waals surface area contributed by atoms with Crippen LogP contribution in [-0.4, -0.2) is 30.3 Å². The molecule has 0 aromatic heterocycles. The van der Waals surface area contributed by atoms with E-state index in [1.807, 2.05) is 6.92 Å². The first kappa shape index (κ1) is 19.0. The van der Waals surface area contributed by atoms with Crippen LogP contribution in [0.25, 0.3) is 0 Å². The van der Waals surface area contributed by atoms with Crippen LogP contribution in [0.5, 0.6) is 5.75 Å². The molecule has 0 spiro atoms. The Hall–Kier alpha value is -1.01. The lowest BCUT2D eigenvalue weighted by atomic mass is 10.1. The second-order valence-corrected chi connectivity index (χ2v) is 4.61. The van der Waals surface area contributed by atoms with E-state index in [-0.39, 0.29) is 31.7 Å². The highest BCUT2D eigenvalue weighted by molar-refractivity contribution is 6.30. The van der Waals surface area contributed by atoms with E-state index in [1.165, 1.54) is 0 Å². The predicted molar refractivity (Wildman–Crippen MR) is 81.4 cm³/mol. The van der Waals surface area contributed by atoms with E-state index in [2.05, 4.69) is 5.32 Å². The van der Waals surface area contributed by atoms with Gasteiger partial charge in [-0.25, -0.2) is 0 Å². The number of rotatable bonds is 8. The second-order valence-electron chi connectivity index (χ2n) is 4.18. The molecular formula is C13H20Cl2N2O3. The number of primary amides is 1. The van der Waals surface area contributed by atoms with Crippen molar-refractivity contribution in [2.45, 2.75) is 25.9 Å². The zero-order valence-electron chi connectivity index (χ0n) is 11.3. The van der Waals surface area contributed by atoms with Crippen molar-refractivity contribution in [3.63, 3.8) is 0 Å². The van der Waals surface area contributed by atoms with Crippen molar-refractivity contribution in [1.29, 1.82) is 0 Å². The number of hydrogen-bond acceptors (Lipinski definition) is 4. The van der Waals surface area contributed by atoms with Gasteiger partial charge in [0.25, 0.3) is 5.91 Å². The maximum absolute atomic E-state index is 10.7. The minimum absolute atomic E-state index is 0. The largest absolute Gasteiger partial charge is 0.483 e. The monoisotopic (exact) mass is 322 g/mol. The van der Waals surface area contributed by atoms with Gasteiger partial charge >= 0.3 is 0 Å². The molecule has 7 heteroatoms. The molecule has 0 bridgehead atoms. The first-order chi connectivity index (χ1) is 9.06. The molecule has 1 rings (SSSR count). The van der Waals surface area contributed by atoms with E-state index >= 15 is 0 Å². The molecule has 0 aliphatic heterocycles. The summed E-state index contributed by atoms with van der Waals surface area (Å²) in [6.45, 7) is 2.37. The molecule has 0 saturated carbocycles. The van der Waals surface area contributed by atoms with Gasteiger partial charge in [-0.1, -0.05) is 18.5 Å². The standard InChI is InChI=1S/C13H19ClN2O3.ClH/c1-2-11(7-17)16-6-9-5-10(14)3-4-12(9)19-8-13(15)18;/h3-5,11,16-17H,2,6-8H2,1H3,(H2,15,18);1H. The van der Waals surface area contributed by atoms with Crippen molar-refractivity contribution in [2.24, 2.45) is 5.73 Å². The summed E-state index contributed by atoms with van der Waals surface area (Å²) in [7, 11) is 0. The molecule has 5 nitrogen and oxygen atoms in total. The SMILES string of the molecule is CCC(CO)NCc1cc(Cl)ccc1OCC(N)=O.Cl. The average Bonchev–Trinajstić information content (AvgIpc) is 2.38. The average molecular weight is 323 g/mol. The molecule has 0 aliphatic carbocycles. The van der Waals surface area contributed by atoms with Gasteiger partial charge in [0, 0.05) is 23.2 Å². The highest BCUT2D eigenvalue weighted by Crippen LogP contribution is 2.23. The quantitative estimate of drug-likeness (QED) is 0.677. The molecular weight excluding hydrogens is 303 g/mol. The summed E-state index contributed by atoms with van der Waals surface area (Å²) in [6, 6.07) is 5.16. The lowest BCUT2D eigenvalue weighted by Gasteiger charge is -2.16. The molecule has 1 aromatic carbocycles. The Morgan fingerprint density at radius 3 is 2.80 bits per heavy atom. The van der Waals surface area contributed by atoms with Crippen molar-refractivity contribution in [3.8, 4) is 5.75 Å². The molecule has 0 aliphatic rings. The zero-order chi connectivity index (χ0) is 14.3. The van der Waals surface area contributed by atoms with Gasteiger partial charge in [0.1, 0.15) is 5.75 Å². The Balaban J connectivity index is 0.00000361. The number of amides is 1. The number of benzene rings is 1. The maximum atomic E-state index is 10.7. The van der Waals surface area contributed by atoms with E-state index in [9.17, 15) is 4.79 Å². The summed E-state index contributed by atoms with van der Waals surface area (Å²) >= 11 is 5.94. The summed E-state index contributed by atoms with van der Waals surface area (Å²) in [4.78, 5) is 10.7. The van der Waals surface area contributed by atoms with Gasteiger partial charge in [-0.05, 0) is 24.6 Å². The Morgan fingerprint density at radius 1 is 1.55 bits per heavy atom. The highest BCUT2D eigenvalue weighted by atomic mass is 35.5. The van der Waals surface area contributed by atoms with Crippen LogP contribution in [0.2, 0.25) is 5.02 Å². The fourth-order valence-electron chi connectivity index (χ4n) is 1.57. The predicted octanol–water partition coefficient (Wildman–Crippen LogP) is 1.49. The van der Waals surface area contributed by atoms with Crippen LogP contribution in [0, 0.1) is 0 Å². The molecule has 114 valence electrons. The number of aliphatic hydroxyl groups is 1. The fourth-order valence-corrected chi connectivity index (χ4v) is 1.76. The van der Waals surface area contributed by atoms with E-state index in [0.717, 1.165) is 12.0 Å². The third kappa shape index (κ3) is 6.43. The molecule has 1 atom stereocenters. The molecule has 0 radical (unpaired) electrons. The van der Waals surface area contributed by atoms with Crippen molar-refractivity contribution < 1.29 is 14.6 Å². The fraction of sp³-hybridized carbons (Fsp3) is 0.462. The Morgan fingerprint density at radius 2 is 2.25 bits per heavy atom. The lowest BCUT2D eigenvalue weighted by molar-refractivity contribution is -0.119. The summed E-state index contributed by atoms with van der Waals surface area (Å²) in [5.74, 6) is 0.0270. The van der Waals surface area contributed by atoms with E-state index in [1.54, 1.807) is 18.2 Å². The molecule has 0 saturated heterocycles. The van der Waals surface area contributed by atoms with Crippen molar-refractivity contribution in [1.82, 2.24) is 5.32 Å². The summed E-state index contributed by atoms with van der Waals surface area (Å²) < 4.78 is 5.32. The third-order valence-corrected chi connectivity index (χ3v) is 2.92. The van der Waals surface area contributed by atoms with Crippen LogP contribution >= 0.6 is 24.0 Å². The summed E-state index contributed by atoms with van der Waals surface area (Å²) in [6.07, 6.45) is 0.814. The molecule has 1 amide bonds. The Labute approximate surface area is 129 Å². The number of nitrogens with one attached hydrogen (secondary N) is 1. The van der Waals surface area contributed by atoms with E-state index in [4.69, 9.17) is 27.2 Å². The highest BCUT2D eigenvalue weighted by Gasteiger charge is 2.09. The zero-order valence-corrected chi connectivity index (χ0v) is 12.8. The normalized spacial score (nSPS) is 11.6. The van der Waals surface area contributed by atoms with Crippen LogP contribution in [-0.2, 0) is 11.3 Å². The van der Waals surface area contributed by atoms with Gasteiger partial charge in [-0.3, -0.25) is 4.79 Å². The molecule has 0 heterocycles. The number of aliphatic hydroxyl groups excluding tert-OH is 1. The van der Waals surface area contributed by atoms with Gasteiger partial charge in [-0.15, -0.1) is 12.4 Å². The number of carbonyl (C=O) groups is 1. The van der Waals surface area contributed by atoms with Gasteiger partial charge in [0.05, 0.1) is 6.61 Å². The smallest absolute Gasteiger partial charge is 0.255 e. The molecule has 1 aromatic rings. The van der Waals surface area contributed by atoms with Gasteiger partial charge in [0.2, 0.25) is 0 Å². The number of carbonyl (C=O) groups excluding carboxylic acids is 1. The Kier molecular flexibility index (Phi) is 9.33. The van der Waals surface area contributed by atoms with Crippen LogP contribution in [0.15, 0.2) is 18.2 Å². The first-order valence-corrected chi connectivity index (χ1v) is 6.48. The van der Waals surface area contributed by atoms with Crippen LogP contribution in [0.3, 0.4) is 0 Å². The number of ether oxygens (including phenoxy) is 1. The van der Waals surface area contributed by atoms with Gasteiger partial charge in [0.15, 0.2) is 6.61 Å². The number of hydrogen-bond donors (Lipinski definition) is 3. The van der Waals surface area contributed by atoms with Crippen molar-refractivity contribution in [2.75, 3.05) is 13.2 Å². The number of halogens is 2. The first-order valence-electron chi connectivity index (χ1n) is 6.10. The van der Waals surface area contributed by atoms with E-state index < -0.39 is 5.91 Å². The molecule has 0 fully saturated rings. The summed E-state index contributed by atoms with van der Waals surface area (Å²) in [5, 5.41) is 12.9. The van der Waals surface area contributed by atoms with Gasteiger partial charge in [-0.2, -0.15) is 0 Å². The topological polar surface area (TPSA) is 84.6 Å². The third-order valence-electron chi connectivity index (χ3n) is 2.69. The van der Waals surface area contributed by atoms with Crippen LogP contribution < -0.4 is 15.8 Å². The van der Waals surface area contributed by atoms with Crippen LogP contribution in [0.4, 0.5) is 0 Å². The van der Waals surface area contributed by atoms with Crippen molar-refractivity contribution >= 4 is 29.9 Å². The van der Waals surface area contributed by atoms with Crippen molar-refractivity contribution in [3.05, 3.63) is 28.8 Å². The molecule has 4 N–H and O–H groups in total. The Bertz CT molecular complexity index is 426. The number of nitrogens with two attached hydrogens (primary N) is 1. The lowest BCUT2D eigenvalue weighted by Crippen LogP contribution is -2.31. The second kappa shape index (κ2) is 9.83. The minimum atomic E-state index is -0.532. The molecule has 1 unspecified atom stereocenters. The van der Waals surface area contributed by atoms with E-state index in [0.29, 0.717) is 17.3 Å².